The first kappa shape index (κ1) is 16.7. The van der Waals surface area contributed by atoms with Crippen LogP contribution in [-0.2, 0) is 0 Å². The zero-order chi connectivity index (χ0) is 15.3. The number of halogens is 2. The first-order chi connectivity index (χ1) is 9.40. The summed E-state index contributed by atoms with van der Waals surface area (Å²) in [6.45, 7) is 4.00. The summed E-state index contributed by atoms with van der Waals surface area (Å²) in [5, 5.41) is 13.5. The molecule has 0 aromatic heterocycles. The van der Waals surface area contributed by atoms with Crippen molar-refractivity contribution in [1.29, 1.82) is 0 Å². The number of nitro benzene ring substituents is 1. The Bertz CT molecular complexity index is 521. The van der Waals surface area contributed by atoms with Gasteiger partial charge in [0.25, 0.3) is 11.6 Å². The van der Waals surface area contributed by atoms with E-state index in [4.69, 9.17) is 23.2 Å². The lowest BCUT2D eigenvalue weighted by Crippen LogP contribution is -2.34. The maximum Gasteiger partial charge on any atom is 0.290 e. The van der Waals surface area contributed by atoms with E-state index in [1.54, 1.807) is 0 Å². The quantitative estimate of drug-likeness (QED) is 0.630. The number of carbonyl (C=O) groups excluding carboxylic acids is 1. The Balaban J connectivity index is 3.02. The van der Waals surface area contributed by atoms with Crippen LogP contribution >= 0.6 is 23.2 Å². The summed E-state index contributed by atoms with van der Waals surface area (Å²) < 4.78 is 0. The van der Waals surface area contributed by atoms with Gasteiger partial charge in [0.05, 0.1) is 9.95 Å². The summed E-state index contributed by atoms with van der Waals surface area (Å²) in [5.74, 6) is -0.382. The number of rotatable bonds is 6. The molecule has 0 aliphatic rings. The first-order valence-electron chi connectivity index (χ1n) is 6.34. The highest BCUT2D eigenvalue weighted by Gasteiger charge is 2.21. The molecule has 1 atom stereocenters. The number of carbonyl (C=O) groups is 1. The standard InChI is InChI=1S/C13H16Cl2N2O3/c1-3-5-9(4-2)16-13(18)8-6-10(14)12(15)11(7-8)17(19)20/h6-7,9H,3-5H2,1-2H3,(H,16,18). The zero-order valence-electron chi connectivity index (χ0n) is 11.3. The van der Waals surface area contributed by atoms with E-state index in [1.807, 2.05) is 13.8 Å². The predicted molar refractivity (Wildman–Crippen MR) is 79.6 cm³/mol. The van der Waals surface area contributed by atoms with Crippen LogP contribution < -0.4 is 5.32 Å². The zero-order valence-corrected chi connectivity index (χ0v) is 12.8. The highest BCUT2D eigenvalue weighted by atomic mass is 35.5. The number of amides is 1. The van der Waals surface area contributed by atoms with E-state index in [9.17, 15) is 14.9 Å². The van der Waals surface area contributed by atoms with Crippen LogP contribution in [0.25, 0.3) is 0 Å². The third kappa shape index (κ3) is 4.08. The molecule has 20 heavy (non-hydrogen) atoms. The van der Waals surface area contributed by atoms with Crippen LogP contribution in [0.4, 0.5) is 5.69 Å². The molecular weight excluding hydrogens is 303 g/mol. The van der Waals surface area contributed by atoms with Gasteiger partial charge in [-0.2, -0.15) is 0 Å². The fourth-order valence-electron chi connectivity index (χ4n) is 1.83. The molecule has 110 valence electrons. The molecule has 0 aliphatic carbocycles. The number of hydrogen-bond acceptors (Lipinski definition) is 3. The van der Waals surface area contributed by atoms with Crippen LogP contribution in [0, 0.1) is 10.1 Å². The van der Waals surface area contributed by atoms with E-state index in [2.05, 4.69) is 5.32 Å². The van der Waals surface area contributed by atoms with E-state index < -0.39 is 4.92 Å². The molecule has 1 aromatic carbocycles. The molecule has 0 spiro atoms. The van der Waals surface area contributed by atoms with Crippen LogP contribution in [0.15, 0.2) is 12.1 Å². The van der Waals surface area contributed by atoms with Crippen LogP contribution in [0.1, 0.15) is 43.5 Å². The maximum atomic E-state index is 12.1. The van der Waals surface area contributed by atoms with Gasteiger partial charge in [-0.3, -0.25) is 14.9 Å². The van der Waals surface area contributed by atoms with Crippen LogP contribution in [0.2, 0.25) is 10.0 Å². The van der Waals surface area contributed by atoms with Crippen molar-refractivity contribution in [2.24, 2.45) is 0 Å². The Morgan fingerprint density at radius 3 is 2.55 bits per heavy atom. The Labute approximate surface area is 127 Å². The summed E-state index contributed by atoms with van der Waals surface area (Å²) in [4.78, 5) is 22.3. The fraction of sp³-hybridized carbons (Fsp3) is 0.462. The van der Waals surface area contributed by atoms with Crippen molar-refractivity contribution in [1.82, 2.24) is 5.32 Å². The summed E-state index contributed by atoms with van der Waals surface area (Å²) in [6.07, 6.45) is 2.59. The second-order valence-electron chi connectivity index (χ2n) is 4.42. The molecule has 0 fully saturated rings. The molecule has 1 aromatic rings. The third-order valence-electron chi connectivity index (χ3n) is 2.93. The Morgan fingerprint density at radius 1 is 1.40 bits per heavy atom. The van der Waals surface area contributed by atoms with Crippen molar-refractivity contribution in [3.63, 3.8) is 0 Å². The molecular formula is C13H16Cl2N2O3. The van der Waals surface area contributed by atoms with Gasteiger partial charge in [0.15, 0.2) is 0 Å². The van der Waals surface area contributed by atoms with Crippen molar-refractivity contribution < 1.29 is 9.72 Å². The van der Waals surface area contributed by atoms with Gasteiger partial charge < -0.3 is 5.32 Å². The average molecular weight is 319 g/mol. The number of nitrogens with zero attached hydrogens (tertiary/aromatic N) is 1. The molecule has 1 amide bonds. The van der Waals surface area contributed by atoms with Crippen LogP contribution in [0.5, 0.6) is 0 Å². The molecule has 1 N–H and O–H groups in total. The molecule has 0 heterocycles. The SMILES string of the molecule is CCCC(CC)NC(=O)c1cc(Cl)c(Cl)c([N+](=O)[O-])c1. The van der Waals surface area contributed by atoms with Gasteiger partial charge in [0.1, 0.15) is 5.02 Å². The van der Waals surface area contributed by atoms with E-state index >= 15 is 0 Å². The topological polar surface area (TPSA) is 72.2 Å². The Morgan fingerprint density at radius 2 is 2.05 bits per heavy atom. The lowest BCUT2D eigenvalue weighted by atomic mass is 10.1. The molecule has 0 saturated carbocycles. The van der Waals surface area contributed by atoms with E-state index in [0.717, 1.165) is 25.3 Å². The summed E-state index contributed by atoms with van der Waals surface area (Å²) in [6, 6.07) is 2.52. The van der Waals surface area contributed by atoms with Crippen LogP contribution in [-0.4, -0.2) is 16.9 Å². The maximum absolute atomic E-state index is 12.1. The number of hydrogen-bond donors (Lipinski definition) is 1. The molecule has 0 saturated heterocycles. The summed E-state index contributed by atoms with van der Waals surface area (Å²) >= 11 is 11.6. The molecule has 0 aliphatic heterocycles. The molecule has 1 unspecified atom stereocenters. The first-order valence-corrected chi connectivity index (χ1v) is 7.10. The van der Waals surface area contributed by atoms with Crippen molar-refractivity contribution >= 4 is 34.8 Å². The minimum Gasteiger partial charge on any atom is -0.349 e. The number of benzene rings is 1. The molecule has 0 bridgehead atoms. The highest BCUT2D eigenvalue weighted by molar-refractivity contribution is 6.43. The minimum absolute atomic E-state index is 0.00504. The van der Waals surface area contributed by atoms with Gasteiger partial charge in [-0.1, -0.05) is 43.5 Å². The number of nitrogens with one attached hydrogen (secondary N) is 1. The second kappa shape index (κ2) is 7.45. The van der Waals surface area contributed by atoms with E-state index in [-0.39, 0.29) is 33.2 Å². The highest BCUT2D eigenvalue weighted by Crippen LogP contribution is 2.33. The van der Waals surface area contributed by atoms with Gasteiger partial charge in [-0.25, -0.2) is 0 Å². The summed E-state index contributed by atoms with van der Waals surface area (Å²) in [7, 11) is 0. The van der Waals surface area contributed by atoms with E-state index in [1.165, 1.54) is 6.07 Å². The van der Waals surface area contributed by atoms with Crippen molar-refractivity contribution in [3.8, 4) is 0 Å². The lowest BCUT2D eigenvalue weighted by Gasteiger charge is -2.16. The van der Waals surface area contributed by atoms with Gasteiger partial charge in [0.2, 0.25) is 0 Å². The van der Waals surface area contributed by atoms with Gasteiger partial charge in [-0.05, 0) is 18.9 Å². The van der Waals surface area contributed by atoms with Crippen LogP contribution in [0.3, 0.4) is 0 Å². The Kier molecular flexibility index (Phi) is 6.23. The largest absolute Gasteiger partial charge is 0.349 e. The second-order valence-corrected chi connectivity index (χ2v) is 5.20. The van der Waals surface area contributed by atoms with Gasteiger partial charge >= 0.3 is 0 Å². The normalized spacial score (nSPS) is 12.0. The average Bonchev–Trinajstić information content (AvgIpc) is 2.40. The molecule has 0 radical (unpaired) electrons. The predicted octanol–water partition coefficient (Wildman–Crippen LogP) is 4.21. The summed E-state index contributed by atoms with van der Waals surface area (Å²) in [5.41, 5.74) is -0.228. The lowest BCUT2D eigenvalue weighted by molar-refractivity contribution is -0.384. The van der Waals surface area contributed by atoms with Gasteiger partial charge in [0, 0.05) is 17.7 Å². The Hall–Kier alpha value is -1.33. The minimum atomic E-state index is -0.658. The van der Waals surface area contributed by atoms with Crippen molar-refractivity contribution in [3.05, 3.63) is 37.9 Å². The third-order valence-corrected chi connectivity index (χ3v) is 3.73. The smallest absolute Gasteiger partial charge is 0.290 e. The number of nitro groups is 1. The monoisotopic (exact) mass is 318 g/mol. The van der Waals surface area contributed by atoms with Crippen molar-refractivity contribution in [2.45, 2.75) is 39.2 Å². The molecule has 7 heteroatoms. The molecule has 5 nitrogen and oxygen atoms in total. The van der Waals surface area contributed by atoms with E-state index in [0.29, 0.717) is 0 Å². The van der Waals surface area contributed by atoms with Crippen molar-refractivity contribution in [2.75, 3.05) is 0 Å². The molecule has 1 rings (SSSR count). The fourth-order valence-corrected chi connectivity index (χ4v) is 2.23. The van der Waals surface area contributed by atoms with Gasteiger partial charge in [-0.15, -0.1) is 0 Å².